The molecule has 16 heavy (non-hydrogen) atoms. The summed E-state index contributed by atoms with van der Waals surface area (Å²) in [5.74, 6) is 0. The first-order chi connectivity index (χ1) is 7.17. The first-order valence-corrected chi connectivity index (χ1v) is 6.34. The van der Waals surface area contributed by atoms with Crippen molar-refractivity contribution in [2.24, 2.45) is 0 Å². The second-order valence-electron chi connectivity index (χ2n) is 3.06. The molecule has 0 saturated heterocycles. The Hall–Kier alpha value is -0.630. The third kappa shape index (κ3) is 4.93. The zero-order valence-corrected chi connectivity index (χ0v) is 10.7. The van der Waals surface area contributed by atoms with Gasteiger partial charge in [0.15, 0.2) is 5.03 Å². The zero-order valence-electron chi connectivity index (χ0n) is 9.06. The highest BCUT2D eigenvalue weighted by atomic mass is 35.5. The lowest BCUT2D eigenvalue weighted by Crippen LogP contribution is -2.32. The summed E-state index contributed by atoms with van der Waals surface area (Å²) in [6.45, 7) is 3.95. The summed E-state index contributed by atoms with van der Waals surface area (Å²) in [7, 11) is -3.41. The van der Waals surface area contributed by atoms with E-state index in [1.807, 2.05) is 0 Å². The van der Waals surface area contributed by atoms with Gasteiger partial charge < -0.3 is 10.3 Å². The van der Waals surface area contributed by atoms with E-state index in [1.54, 1.807) is 0 Å². The van der Waals surface area contributed by atoms with Crippen LogP contribution in [0.25, 0.3) is 0 Å². The number of rotatable bonds is 7. The van der Waals surface area contributed by atoms with E-state index in [2.05, 4.69) is 26.9 Å². The highest BCUT2D eigenvalue weighted by Crippen LogP contribution is 2.00. The molecule has 0 unspecified atom stereocenters. The van der Waals surface area contributed by atoms with E-state index in [0.717, 1.165) is 13.0 Å². The summed E-state index contributed by atoms with van der Waals surface area (Å²) in [6.07, 6.45) is 3.65. The van der Waals surface area contributed by atoms with Gasteiger partial charge in [-0.3, -0.25) is 0 Å². The fourth-order valence-corrected chi connectivity index (χ4v) is 1.98. The molecule has 94 valence electrons. The van der Waals surface area contributed by atoms with Crippen molar-refractivity contribution < 1.29 is 8.42 Å². The Kier molecular flexibility index (Phi) is 7.31. The maximum Gasteiger partial charge on any atom is 0.257 e. The van der Waals surface area contributed by atoms with Crippen molar-refractivity contribution in [3.05, 3.63) is 12.5 Å². The molecule has 0 saturated carbocycles. The van der Waals surface area contributed by atoms with Crippen molar-refractivity contribution in [1.29, 1.82) is 0 Å². The first kappa shape index (κ1) is 15.4. The molecule has 1 rings (SSSR count). The van der Waals surface area contributed by atoms with Gasteiger partial charge in [0.05, 0.1) is 12.5 Å². The Morgan fingerprint density at radius 2 is 2.12 bits per heavy atom. The second kappa shape index (κ2) is 7.61. The molecule has 3 N–H and O–H groups in total. The minimum absolute atomic E-state index is 0. The molecular weight excluding hydrogens is 252 g/mol. The van der Waals surface area contributed by atoms with Crippen LogP contribution in [0, 0.1) is 0 Å². The van der Waals surface area contributed by atoms with Crippen LogP contribution in [0.2, 0.25) is 0 Å². The van der Waals surface area contributed by atoms with Crippen LogP contribution < -0.4 is 10.0 Å². The summed E-state index contributed by atoms with van der Waals surface area (Å²) in [5.41, 5.74) is 0. The Balaban J connectivity index is 0.00000225. The van der Waals surface area contributed by atoms with Gasteiger partial charge in [-0.25, -0.2) is 18.1 Å². The minimum Gasteiger partial charge on any atom is -0.335 e. The Morgan fingerprint density at radius 3 is 2.69 bits per heavy atom. The van der Waals surface area contributed by atoms with Crippen molar-refractivity contribution in [3.63, 3.8) is 0 Å². The largest absolute Gasteiger partial charge is 0.335 e. The third-order valence-electron chi connectivity index (χ3n) is 1.78. The van der Waals surface area contributed by atoms with Gasteiger partial charge in [-0.05, 0) is 13.0 Å². The lowest BCUT2D eigenvalue weighted by molar-refractivity contribution is 0.572. The van der Waals surface area contributed by atoms with Gasteiger partial charge in [-0.1, -0.05) is 6.92 Å². The molecule has 1 aromatic rings. The molecule has 0 spiro atoms. The Labute approximate surface area is 102 Å². The van der Waals surface area contributed by atoms with Crippen molar-refractivity contribution in [1.82, 2.24) is 20.0 Å². The summed E-state index contributed by atoms with van der Waals surface area (Å²) in [5, 5.41) is 3.20. The number of H-pyrrole nitrogens is 1. The SMILES string of the molecule is CCCNCCNS(=O)(=O)c1cnc[nH]1.Cl. The number of nitrogens with one attached hydrogen (secondary N) is 3. The predicted molar refractivity (Wildman–Crippen MR) is 64.2 cm³/mol. The number of aromatic amines is 1. The van der Waals surface area contributed by atoms with Gasteiger partial charge in [0.1, 0.15) is 0 Å². The van der Waals surface area contributed by atoms with Crippen LogP contribution in [0.15, 0.2) is 17.6 Å². The quantitative estimate of drug-likeness (QED) is 0.613. The monoisotopic (exact) mass is 268 g/mol. The van der Waals surface area contributed by atoms with E-state index >= 15 is 0 Å². The van der Waals surface area contributed by atoms with Gasteiger partial charge in [-0.15, -0.1) is 12.4 Å². The molecule has 0 bridgehead atoms. The molecule has 0 aliphatic rings. The fraction of sp³-hybridized carbons (Fsp3) is 0.625. The normalized spacial score (nSPS) is 11.1. The van der Waals surface area contributed by atoms with Crippen LogP contribution in [0.4, 0.5) is 0 Å². The van der Waals surface area contributed by atoms with E-state index < -0.39 is 10.0 Å². The Morgan fingerprint density at radius 1 is 1.38 bits per heavy atom. The zero-order chi connectivity index (χ0) is 11.1. The topological polar surface area (TPSA) is 86.9 Å². The van der Waals surface area contributed by atoms with Crippen molar-refractivity contribution in [3.8, 4) is 0 Å². The van der Waals surface area contributed by atoms with Gasteiger partial charge in [0.2, 0.25) is 0 Å². The van der Waals surface area contributed by atoms with Crippen LogP contribution in [-0.2, 0) is 10.0 Å². The van der Waals surface area contributed by atoms with Crippen molar-refractivity contribution in [2.45, 2.75) is 18.4 Å². The van der Waals surface area contributed by atoms with E-state index in [0.29, 0.717) is 13.1 Å². The summed E-state index contributed by atoms with van der Waals surface area (Å²) >= 11 is 0. The van der Waals surface area contributed by atoms with Gasteiger partial charge >= 0.3 is 0 Å². The van der Waals surface area contributed by atoms with Gasteiger partial charge in [0, 0.05) is 13.1 Å². The number of aromatic nitrogens is 2. The third-order valence-corrected chi connectivity index (χ3v) is 3.17. The molecule has 0 fully saturated rings. The van der Waals surface area contributed by atoms with Crippen LogP contribution in [0.3, 0.4) is 0 Å². The predicted octanol–water partition coefficient (Wildman–Crippen LogP) is 0.109. The minimum atomic E-state index is -3.41. The van der Waals surface area contributed by atoms with E-state index in [1.165, 1.54) is 12.5 Å². The smallest absolute Gasteiger partial charge is 0.257 e. The lowest BCUT2D eigenvalue weighted by atomic mass is 10.5. The lowest BCUT2D eigenvalue weighted by Gasteiger charge is -2.05. The van der Waals surface area contributed by atoms with E-state index in [-0.39, 0.29) is 17.4 Å². The fourth-order valence-electron chi connectivity index (χ4n) is 1.04. The molecule has 0 amide bonds. The molecule has 1 heterocycles. The number of nitrogens with zero attached hydrogens (tertiary/aromatic N) is 1. The van der Waals surface area contributed by atoms with E-state index in [4.69, 9.17) is 0 Å². The maximum atomic E-state index is 11.5. The Bertz CT molecular complexity index is 365. The number of sulfonamides is 1. The molecule has 8 heteroatoms. The average molecular weight is 269 g/mol. The molecule has 0 atom stereocenters. The van der Waals surface area contributed by atoms with E-state index in [9.17, 15) is 8.42 Å². The standard InChI is InChI=1S/C8H16N4O2S.ClH/c1-2-3-9-4-5-12-15(13,14)8-6-10-7-11-8;/h6-7,9,12H,2-5H2,1H3,(H,10,11);1H. The second-order valence-corrected chi connectivity index (χ2v) is 4.80. The van der Waals surface area contributed by atoms with Crippen molar-refractivity contribution in [2.75, 3.05) is 19.6 Å². The molecule has 1 aromatic heterocycles. The summed E-state index contributed by atoms with van der Waals surface area (Å²) in [4.78, 5) is 6.20. The number of imidazole rings is 1. The average Bonchev–Trinajstić information content (AvgIpc) is 2.70. The molecule has 0 aliphatic carbocycles. The number of halogens is 1. The summed E-state index contributed by atoms with van der Waals surface area (Å²) in [6, 6.07) is 0. The van der Waals surface area contributed by atoms with Crippen LogP contribution >= 0.6 is 12.4 Å². The highest BCUT2D eigenvalue weighted by molar-refractivity contribution is 7.89. The summed E-state index contributed by atoms with van der Waals surface area (Å²) < 4.78 is 25.5. The van der Waals surface area contributed by atoms with Crippen LogP contribution in [0.1, 0.15) is 13.3 Å². The van der Waals surface area contributed by atoms with Gasteiger partial charge in [-0.2, -0.15) is 0 Å². The molecule has 0 aliphatic heterocycles. The van der Waals surface area contributed by atoms with Crippen molar-refractivity contribution >= 4 is 22.4 Å². The molecular formula is C8H17ClN4O2S. The van der Waals surface area contributed by atoms with Gasteiger partial charge in [0.25, 0.3) is 10.0 Å². The maximum absolute atomic E-state index is 11.5. The number of hydrogen-bond donors (Lipinski definition) is 3. The molecule has 6 nitrogen and oxygen atoms in total. The van der Waals surface area contributed by atoms with Crippen LogP contribution in [-0.4, -0.2) is 38.0 Å². The number of hydrogen-bond acceptors (Lipinski definition) is 4. The first-order valence-electron chi connectivity index (χ1n) is 4.85. The van der Waals surface area contributed by atoms with Crippen LogP contribution in [0.5, 0.6) is 0 Å². The molecule has 0 radical (unpaired) electrons. The molecule has 0 aromatic carbocycles. The highest BCUT2D eigenvalue weighted by Gasteiger charge is 2.13.